The van der Waals surface area contributed by atoms with Crippen molar-refractivity contribution in [3.8, 4) is 17.6 Å². The summed E-state index contributed by atoms with van der Waals surface area (Å²) < 4.78 is 20.9. The number of carbonyl (C=O) groups is 1. The number of benzene rings is 3. The van der Waals surface area contributed by atoms with Crippen LogP contribution in [0.15, 0.2) is 90.7 Å². The van der Waals surface area contributed by atoms with Gasteiger partial charge in [0, 0.05) is 11.1 Å². The molecule has 0 aliphatic carbocycles. The maximum absolute atomic E-state index is 14.1. The van der Waals surface area contributed by atoms with Crippen LogP contribution in [-0.4, -0.2) is 23.2 Å². The normalized spacial score (nSPS) is 14.5. The summed E-state index contributed by atoms with van der Waals surface area (Å²) in [5.41, 5.74) is 3.21. The summed E-state index contributed by atoms with van der Waals surface area (Å²) in [7, 11) is 0. The van der Waals surface area contributed by atoms with Gasteiger partial charge in [-0.3, -0.25) is 9.36 Å². The zero-order valence-corrected chi connectivity index (χ0v) is 29.0. The number of fused-ring (bicyclic) bond motifs is 1. The smallest absolute Gasteiger partial charge is 0.338 e. The maximum atomic E-state index is 14.1. The Hall–Kier alpha value is -3.98. The zero-order chi connectivity index (χ0) is 32.2. The first-order valence-electron chi connectivity index (χ1n) is 14.2. The lowest BCUT2D eigenvalue weighted by Gasteiger charge is -2.26. The molecule has 5 rings (SSSR count). The van der Waals surface area contributed by atoms with Gasteiger partial charge in [0.25, 0.3) is 5.56 Å². The summed E-state index contributed by atoms with van der Waals surface area (Å²) in [5.74, 6) is 0.612. The monoisotopic (exact) mass is 749 g/mol. The number of hydrogen-bond donors (Lipinski definition) is 0. The fourth-order valence-electron chi connectivity index (χ4n) is 5.01. The van der Waals surface area contributed by atoms with Crippen LogP contribution in [0.2, 0.25) is 0 Å². The average molecular weight is 751 g/mol. The van der Waals surface area contributed by atoms with E-state index in [2.05, 4.69) is 42.9 Å². The molecule has 1 aliphatic rings. The fraction of sp³-hybridized carbons (Fsp3) is 0.235. The number of ether oxygens (including phenoxy) is 3. The van der Waals surface area contributed by atoms with E-state index in [1.54, 1.807) is 30.6 Å². The van der Waals surface area contributed by atoms with Crippen molar-refractivity contribution < 1.29 is 19.0 Å². The molecule has 0 spiro atoms. The maximum Gasteiger partial charge on any atom is 0.338 e. The molecule has 11 heteroatoms. The molecule has 1 aliphatic heterocycles. The summed E-state index contributed by atoms with van der Waals surface area (Å²) in [6, 6.07) is 19.8. The molecule has 0 saturated carbocycles. The summed E-state index contributed by atoms with van der Waals surface area (Å²) in [6.45, 7) is 7.74. The standard InChI is InChI=1S/C34H29Br2N3O5S/c1-5-42-33(41)29-20(4)38-34-39(30(29)24-12-8-9-13-27(24)44-19(2)3)32(40)28(45-34)16-21-14-25(35)31(26(36)15-21)43-18-23-11-7-6-10-22(23)17-37/h6-16,19,30H,5,18H2,1-4H3/b28-16+/t30-/m0/s1. The molecule has 0 radical (unpaired) electrons. The molecule has 0 unspecified atom stereocenters. The molecule has 0 saturated heterocycles. The molecule has 0 bridgehead atoms. The number of carbonyl (C=O) groups excluding carboxylic acids is 1. The SMILES string of the molecule is CCOC(=O)C1=C(C)N=c2s/c(=C/c3cc(Br)c(OCc4ccccc4C#N)c(Br)c3)c(=O)n2[C@H]1c1ccccc1OC(C)C. The van der Waals surface area contributed by atoms with Crippen LogP contribution in [0.5, 0.6) is 11.5 Å². The largest absolute Gasteiger partial charge is 0.491 e. The number of esters is 1. The first-order valence-corrected chi connectivity index (χ1v) is 16.6. The summed E-state index contributed by atoms with van der Waals surface area (Å²) >= 11 is 8.44. The molecule has 0 amide bonds. The van der Waals surface area contributed by atoms with Crippen LogP contribution in [-0.2, 0) is 16.1 Å². The van der Waals surface area contributed by atoms with Crippen LogP contribution in [0, 0.1) is 11.3 Å². The third-order valence-electron chi connectivity index (χ3n) is 6.92. The van der Waals surface area contributed by atoms with Crippen molar-refractivity contribution in [3.63, 3.8) is 0 Å². The van der Waals surface area contributed by atoms with Gasteiger partial charge in [0.05, 0.1) is 49.1 Å². The van der Waals surface area contributed by atoms with Gasteiger partial charge in [-0.15, -0.1) is 0 Å². The number of rotatable bonds is 9. The van der Waals surface area contributed by atoms with Crippen LogP contribution in [0.4, 0.5) is 0 Å². The second-order valence-electron chi connectivity index (χ2n) is 10.4. The van der Waals surface area contributed by atoms with Crippen LogP contribution >= 0.6 is 43.2 Å². The molecular formula is C34H29Br2N3O5S. The van der Waals surface area contributed by atoms with Crippen molar-refractivity contribution in [1.29, 1.82) is 5.26 Å². The van der Waals surface area contributed by atoms with Gasteiger partial charge in [-0.25, -0.2) is 9.79 Å². The van der Waals surface area contributed by atoms with Gasteiger partial charge >= 0.3 is 5.97 Å². The Bertz CT molecular complexity index is 2020. The highest BCUT2D eigenvalue weighted by atomic mass is 79.9. The van der Waals surface area contributed by atoms with E-state index < -0.39 is 12.0 Å². The van der Waals surface area contributed by atoms with Gasteiger partial charge in [-0.05, 0) is 95.5 Å². The molecular weight excluding hydrogens is 722 g/mol. The number of aromatic nitrogens is 1. The third-order valence-corrected chi connectivity index (χ3v) is 9.08. The Kier molecular flexibility index (Phi) is 10.1. The Labute approximate surface area is 281 Å². The van der Waals surface area contributed by atoms with Crippen molar-refractivity contribution in [3.05, 3.63) is 123 Å². The topological polar surface area (TPSA) is 103 Å². The summed E-state index contributed by atoms with van der Waals surface area (Å²) in [4.78, 5) is 32.6. The predicted molar refractivity (Wildman–Crippen MR) is 180 cm³/mol. The van der Waals surface area contributed by atoms with E-state index in [-0.39, 0.29) is 24.9 Å². The molecule has 1 aromatic heterocycles. The second kappa shape index (κ2) is 14.0. The van der Waals surface area contributed by atoms with Gasteiger partial charge in [0.15, 0.2) is 4.80 Å². The van der Waals surface area contributed by atoms with Crippen LogP contribution in [0.25, 0.3) is 6.08 Å². The van der Waals surface area contributed by atoms with Gasteiger partial charge in [0.2, 0.25) is 0 Å². The average Bonchev–Trinajstić information content (AvgIpc) is 3.30. The van der Waals surface area contributed by atoms with Crippen molar-refractivity contribution >= 4 is 55.2 Å². The summed E-state index contributed by atoms with van der Waals surface area (Å²) in [6.07, 6.45) is 1.66. The van der Waals surface area contributed by atoms with E-state index in [9.17, 15) is 14.9 Å². The Balaban J connectivity index is 1.58. The van der Waals surface area contributed by atoms with E-state index in [0.29, 0.717) is 52.2 Å². The van der Waals surface area contributed by atoms with E-state index in [1.807, 2.05) is 68.4 Å². The van der Waals surface area contributed by atoms with Gasteiger partial charge in [-0.2, -0.15) is 5.26 Å². The highest BCUT2D eigenvalue weighted by Gasteiger charge is 2.35. The van der Waals surface area contributed by atoms with Crippen LogP contribution < -0.4 is 24.4 Å². The van der Waals surface area contributed by atoms with E-state index in [4.69, 9.17) is 14.2 Å². The molecule has 8 nitrogen and oxygen atoms in total. The number of allylic oxidation sites excluding steroid dienone is 1. The fourth-order valence-corrected chi connectivity index (χ4v) is 7.51. The first-order chi connectivity index (χ1) is 21.6. The lowest BCUT2D eigenvalue weighted by atomic mass is 9.95. The lowest BCUT2D eigenvalue weighted by Crippen LogP contribution is -2.40. The highest BCUT2D eigenvalue weighted by Crippen LogP contribution is 2.37. The molecule has 0 N–H and O–H groups in total. The van der Waals surface area contributed by atoms with Gasteiger partial charge in [0.1, 0.15) is 24.1 Å². The lowest BCUT2D eigenvalue weighted by molar-refractivity contribution is -0.139. The van der Waals surface area contributed by atoms with Crippen molar-refractivity contribution in [1.82, 2.24) is 4.57 Å². The first kappa shape index (κ1) is 32.4. The number of halogens is 2. The van der Waals surface area contributed by atoms with E-state index in [0.717, 1.165) is 11.1 Å². The zero-order valence-electron chi connectivity index (χ0n) is 25.0. The Morgan fingerprint density at radius 2 is 1.82 bits per heavy atom. The number of para-hydroxylation sites is 1. The van der Waals surface area contributed by atoms with E-state index >= 15 is 0 Å². The highest BCUT2D eigenvalue weighted by molar-refractivity contribution is 9.11. The number of nitriles is 1. The van der Waals surface area contributed by atoms with Crippen LogP contribution in [0.1, 0.15) is 56.0 Å². The summed E-state index contributed by atoms with van der Waals surface area (Å²) in [5, 5.41) is 9.40. The number of thiazole rings is 1. The Morgan fingerprint density at radius 3 is 2.51 bits per heavy atom. The molecule has 1 atom stereocenters. The van der Waals surface area contributed by atoms with Gasteiger partial charge < -0.3 is 14.2 Å². The van der Waals surface area contributed by atoms with Gasteiger partial charge in [-0.1, -0.05) is 47.7 Å². The van der Waals surface area contributed by atoms with Crippen molar-refractivity contribution in [2.45, 2.75) is 46.4 Å². The van der Waals surface area contributed by atoms with Crippen molar-refractivity contribution in [2.75, 3.05) is 6.61 Å². The number of nitrogens with zero attached hydrogens (tertiary/aromatic N) is 3. The molecule has 0 fully saturated rings. The van der Waals surface area contributed by atoms with E-state index in [1.165, 1.54) is 11.3 Å². The minimum Gasteiger partial charge on any atom is -0.491 e. The third kappa shape index (κ3) is 6.83. The van der Waals surface area contributed by atoms with Crippen molar-refractivity contribution in [2.24, 2.45) is 4.99 Å². The minimum atomic E-state index is -0.789. The molecule has 45 heavy (non-hydrogen) atoms. The molecule has 230 valence electrons. The number of hydrogen-bond acceptors (Lipinski definition) is 8. The molecule has 2 heterocycles. The van der Waals surface area contributed by atoms with Crippen LogP contribution in [0.3, 0.4) is 0 Å². The quantitative estimate of drug-likeness (QED) is 0.180. The molecule has 4 aromatic rings. The Morgan fingerprint density at radius 1 is 1.13 bits per heavy atom. The predicted octanol–water partition coefficient (Wildman–Crippen LogP) is 6.56. The second-order valence-corrected chi connectivity index (χ2v) is 13.1. The molecule has 3 aromatic carbocycles. The minimum absolute atomic E-state index is 0.122.